The van der Waals surface area contributed by atoms with Crippen LogP contribution >= 0.6 is 11.6 Å². The highest BCUT2D eigenvalue weighted by Crippen LogP contribution is 2.48. The quantitative estimate of drug-likeness (QED) is 0.435. The van der Waals surface area contributed by atoms with Crippen LogP contribution in [0.3, 0.4) is 0 Å². The fourth-order valence-corrected chi connectivity index (χ4v) is 4.27. The van der Waals surface area contributed by atoms with Gasteiger partial charge in [-0.3, -0.25) is 13.8 Å². The lowest BCUT2D eigenvalue weighted by atomic mass is 10.1. The Morgan fingerprint density at radius 3 is 2.78 bits per heavy atom. The van der Waals surface area contributed by atoms with Crippen molar-refractivity contribution in [3.63, 3.8) is 0 Å². The molecule has 3 aromatic heterocycles. The van der Waals surface area contributed by atoms with Crippen molar-refractivity contribution < 1.29 is 14.0 Å². The number of hydrogen-bond acceptors (Lipinski definition) is 8. The first-order valence-corrected chi connectivity index (χ1v) is 10.4. The van der Waals surface area contributed by atoms with Crippen LogP contribution in [0.15, 0.2) is 27.8 Å². The Balaban J connectivity index is 1.83. The smallest absolute Gasteiger partial charge is 0.278 e. The zero-order valence-corrected chi connectivity index (χ0v) is 18.4. The zero-order valence-electron chi connectivity index (χ0n) is 17.6. The van der Waals surface area contributed by atoms with Crippen molar-refractivity contribution in [3.05, 3.63) is 45.3 Å². The van der Waals surface area contributed by atoms with Crippen LogP contribution in [0.2, 0.25) is 5.02 Å². The average molecular weight is 455 g/mol. The summed E-state index contributed by atoms with van der Waals surface area (Å²) >= 11 is 6.29. The third-order valence-electron chi connectivity index (χ3n) is 5.88. The number of nitriles is 1. The third kappa shape index (κ3) is 2.86. The molecule has 0 N–H and O–H groups in total. The minimum absolute atomic E-state index is 0.197. The number of methoxy groups -OCH3 is 2. The van der Waals surface area contributed by atoms with E-state index in [1.165, 1.54) is 10.9 Å². The summed E-state index contributed by atoms with van der Waals surface area (Å²) in [6.07, 6.45) is 3.09. The van der Waals surface area contributed by atoms with Gasteiger partial charge in [0.15, 0.2) is 0 Å². The summed E-state index contributed by atoms with van der Waals surface area (Å²) in [5, 5.41) is 14.1. The van der Waals surface area contributed by atoms with Crippen LogP contribution in [0.1, 0.15) is 37.3 Å². The largest absolute Gasteiger partial charge is 0.383 e. The van der Waals surface area contributed by atoms with Gasteiger partial charge in [0.1, 0.15) is 29.2 Å². The molecule has 1 aliphatic carbocycles. The Labute approximate surface area is 186 Å². The third-order valence-corrected chi connectivity index (χ3v) is 6.19. The van der Waals surface area contributed by atoms with Crippen molar-refractivity contribution >= 4 is 28.2 Å². The minimum atomic E-state index is -0.556. The van der Waals surface area contributed by atoms with Crippen LogP contribution in [0.4, 0.5) is 0 Å². The van der Waals surface area contributed by atoms with Gasteiger partial charge in [-0.05, 0) is 31.9 Å². The molecule has 164 valence electrons. The molecule has 1 fully saturated rings. The molecule has 5 rings (SSSR count). The molecule has 11 heteroatoms. The number of imidazole rings is 1. The van der Waals surface area contributed by atoms with E-state index in [1.807, 2.05) is 6.92 Å². The molecule has 10 nitrogen and oxygen atoms in total. The number of ether oxygens (including phenoxy) is 2. The Hall–Kier alpha value is -3.26. The van der Waals surface area contributed by atoms with E-state index in [0.717, 1.165) is 12.8 Å². The number of halogens is 1. The summed E-state index contributed by atoms with van der Waals surface area (Å²) in [5.41, 5.74) is 0.843. The summed E-state index contributed by atoms with van der Waals surface area (Å²) in [7, 11) is 3.15. The first-order valence-electron chi connectivity index (χ1n) is 9.98. The molecule has 0 radical (unpaired) electrons. The molecule has 1 unspecified atom stereocenters. The number of hydrogen-bond donors (Lipinski definition) is 0. The zero-order chi connectivity index (χ0) is 22.6. The fourth-order valence-electron chi connectivity index (χ4n) is 4.07. The molecule has 0 bridgehead atoms. The molecule has 0 spiro atoms. The van der Waals surface area contributed by atoms with Crippen LogP contribution < -0.4 is 5.56 Å². The minimum Gasteiger partial charge on any atom is -0.383 e. The number of aromatic nitrogens is 5. The van der Waals surface area contributed by atoms with Gasteiger partial charge in [-0.15, -0.1) is 0 Å². The average Bonchev–Trinajstić information content (AvgIpc) is 3.20. The van der Waals surface area contributed by atoms with Gasteiger partial charge < -0.3 is 14.0 Å². The predicted molar refractivity (Wildman–Crippen MR) is 114 cm³/mol. The van der Waals surface area contributed by atoms with Crippen molar-refractivity contribution in [1.82, 2.24) is 24.1 Å². The highest BCUT2D eigenvalue weighted by molar-refractivity contribution is 6.32. The molecule has 0 amide bonds. The molecule has 1 aliphatic rings. The van der Waals surface area contributed by atoms with Gasteiger partial charge in [-0.1, -0.05) is 16.8 Å². The number of nitrogens with zero attached hydrogens (tertiary/aromatic N) is 6. The van der Waals surface area contributed by atoms with E-state index < -0.39 is 5.60 Å². The highest BCUT2D eigenvalue weighted by atomic mass is 35.5. The number of benzene rings is 1. The van der Waals surface area contributed by atoms with Crippen molar-refractivity contribution in [2.24, 2.45) is 0 Å². The van der Waals surface area contributed by atoms with Crippen LogP contribution in [0.25, 0.3) is 28.1 Å². The van der Waals surface area contributed by atoms with Gasteiger partial charge in [-0.2, -0.15) is 10.2 Å². The lowest BCUT2D eigenvalue weighted by molar-refractivity contribution is 0.0492. The molecular formula is C21H19ClN6O4. The van der Waals surface area contributed by atoms with Gasteiger partial charge in [0.2, 0.25) is 5.82 Å². The summed E-state index contributed by atoms with van der Waals surface area (Å²) in [6.45, 7) is 2.09. The van der Waals surface area contributed by atoms with E-state index in [1.54, 1.807) is 30.8 Å². The Kier molecular flexibility index (Phi) is 4.78. The normalized spacial score (nSPS) is 15.8. The van der Waals surface area contributed by atoms with Crippen LogP contribution in [0.5, 0.6) is 0 Å². The second kappa shape index (κ2) is 7.41. The molecule has 3 heterocycles. The van der Waals surface area contributed by atoms with Crippen molar-refractivity contribution in [2.75, 3.05) is 20.8 Å². The monoisotopic (exact) mass is 454 g/mol. The Morgan fingerprint density at radius 2 is 2.12 bits per heavy atom. The van der Waals surface area contributed by atoms with Crippen LogP contribution in [0, 0.1) is 11.3 Å². The van der Waals surface area contributed by atoms with Gasteiger partial charge in [0.05, 0.1) is 34.3 Å². The van der Waals surface area contributed by atoms with E-state index in [0.29, 0.717) is 16.9 Å². The van der Waals surface area contributed by atoms with E-state index in [2.05, 4.69) is 21.2 Å². The topological polar surface area (TPSA) is 120 Å². The van der Waals surface area contributed by atoms with Crippen LogP contribution in [-0.2, 0) is 15.1 Å². The van der Waals surface area contributed by atoms with E-state index in [4.69, 9.17) is 25.6 Å². The van der Waals surface area contributed by atoms with Crippen molar-refractivity contribution in [2.45, 2.75) is 31.4 Å². The lowest BCUT2D eigenvalue weighted by Crippen LogP contribution is -2.28. The summed E-state index contributed by atoms with van der Waals surface area (Å²) < 4.78 is 19.4. The van der Waals surface area contributed by atoms with E-state index >= 15 is 0 Å². The second-order valence-corrected chi connectivity index (χ2v) is 8.22. The van der Waals surface area contributed by atoms with E-state index in [9.17, 15) is 10.1 Å². The standard InChI is InChI=1S/C21H19ClN6O4/c1-11(9-30-2)28-16-12(8-23)13(22)4-5-14(16)27-10-24-15(17(27)19(28)29)18-25-20(32-26-18)21(31-3)6-7-21/h4-5,10-11H,6-7,9H2,1-3H3. The maximum Gasteiger partial charge on any atom is 0.278 e. The van der Waals surface area contributed by atoms with Crippen molar-refractivity contribution in [1.29, 1.82) is 5.26 Å². The van der Waals surface area contributed by atoms with Gasteiger partial charge >= 0.3 is 0 Å². The first kappa shape index (κ1) is 20.6. The summed E-state index contributed by atoms with van der Waals surface area (Å²) in [5.74, 6) is 0.561. The Morgan fingerprint density at radius 1 is 1.34 bits per heavy atom. The second-order valence-electron chi connectivity index (χ2n) is 7.81. The maximum absolute atomic E-state index is 13.7. The lowest BCUT2D eigenvalue weighted by Gasteiger charge is -2.19. The van der Waals surface area contributed by atoms with Crippen molar-refractivity contribution in [3.8, 4) is 17.6 Å². The van der Waals surface area contributed by atoms with Gasteiger partial charge in [0, 0.05) is 14.2 Å². The molecule has 1 atom stereocenters. The molecule has 0 aliphatic heterocycles. The highest BCUT2D eigenvalue weighted by Gasteiger charge is 2.50. The molecule has 0 saturated heterocycles. The molecule has 1 saturated carbocycles. The fraction of sp³-hybridized carbons (Fsp3) is 0.381. The van der Waals surface area contributed by atoms with E-state index in [-0.39, 0.29) is 45.8 Å². The van der Waals surface area contributed by atoms with Crippen LogP contribution in [-0.4, -0.2) is 44.9 Å². The summed E-state index contributed by atoms with van der Waals surface area (Å²) in [6, 6.07) is 5.11. The number of rotatable bonds is 6. The molecule has 32 heavy (non-hydrogen) atoms. The SMILES string of the molecule is COCC(C)n1c(=O)c2c(-c3noc(C4(OC)CC4)n3)ncn2c2ccc(Cl)c(C#N)c21. The molecule has 4 aromatic rings. The van der Waals surface area contributed by atoms with Gasteiger partial charge in [-0.25, -0.2) is 4.98 Å². The molecular weight excluding hydrogens is 436 g/mol. The predicted octanol–water partition coefficient (Wildman–Crippen LogP) is 3.07. The summed E-state index contributed by atoms with van der Waals surface area (Å²) in [4.78, 5) is 22.6. The Bertz CT molecular complexity index is 1460. The van der Waals surface area contributed by atoms with Gasteiger partial charge in [0.25, 0.3) is 11.4 Å². The maximum atomic E-state index is 13.7. The number of fused-ring (bicyclic) bond motifs is 3. The first-order chi connectivity index (χ1) is 15.5. The molecule has 1 aromatic carbocycles.